The lowest BCUT2D eigenvalue weighted by Crippen LogP contribution is -2.40. The largest absolute Gasteiger partial charge is 0.345 e. The minimum atomic E-state index is -0.135. The molecule has 3 aromatic heterocycles. The third kappa shape index (κ3) is 3.43. The van der Waals surface area contributed by atoms with Crippen LogP contribution in [0.2, 0.25) is 0 Å². The Balaban J connectivity index is 1.64. The Hall–Kier alpha value is -3.36. The van der Waals surface area contributed by atoms with Crippen LogP contribution < -0.4 is 0 Å². The van der Waals surface area contributed by atoms with E-state index in [4.69, 9.17) is 0 Å². The van der Waals surface area contributed by atoms with E-state index in [9.17, 15) is 9.59 Å². The molecule has 150 valence electrons. The number of likely N-dealkylation sites (tertiary alicyclic amines) is 1. The normalized spacial score (nSPS) is 16.8. The van der Waals surface area contributed by atoms with Gasteiger partial charge in [-0.15, -0.1) is 0 Å². The summed E-state index contributed by atoms with van der Waals surface area (Å²) in [6.07, 6.45) is 8.11. The van der Waals surface area contributed by atoms with Gasteiger partial charge in [-0.25, -0.2) is 19.5 Å². The molecule has 9 heteroatoms. The minimum Gasteiger partial charge on any atom is -0.345 e. The zero-order valence-corrected chi connectivity index (χ0v) is 16.7. The molecule has 29 heavy (non-hydrogen) atoms. The fourth-order valence-corrected chi connectivity index (χ4v) is 3.78. The number of hydrogen-bond acceptors (Lipinski definition) is 6. The van der Waals surface area contributed by atoms with Gasteiger partial charge in [-0.1, -0.05) is 0 Å². The molecule has 0 bridgehead atoms. The number of aryl methyl sites for hydroxylation is 1. The zero-order chi connectivity index (χ0) is 20.5. The van der Waals surface area contributed by atoms with Crippen LogP contribution in [0.4, 0.5) is 0 Å². The number of fused-ring (bicyclic) bond motifs is 1. The smallest absolute Gasteiger partial charge is 0.258 e. The van der Waals surface area contributed by atoms with Crippen molar-refractivity contribution in [3.63, 3.8) is 0 Å². The molecule has 4 heterocycles. The van der Waals surface area contributed by atoms with E-state index in [0.717, 1.165) is 18.5 Å². The molecule has 9 nitrogen and oxygen atoms in total. The second kappa shape index (κ2) is 7.57. The van der Waals surface area contributed by atoms with E-state index in [1.54, 1.807) is 37.2 Å². The molecule has 0 N–H and O–H groups in total. The van der Waals surface area contributed by atoms with Crippen molar-refractivity contribution in [1.29, 1.82) is 0 Å². The second-order valence-corrected chi connectivity index (χ2v) is 7.48. The topological polar surface area (TPSA) is 96.6 Å². The Bertz CT molecular complexity index is 1080. The predicted molar refractivity (Wildman–Crippen MR) is 106 cm³/mol. The Labute approximate surface area is 168 Å². The molecule has 1 aliphatic heterocycles. The minimum absolute atomic E-state index is 0.0537. The number of piperidine rings is 1. The third-order valence-corrected chi connectivity index (χ3v) is 5.34. The number of aromatic nitrogens is 5. The lowest BCUT2D eigenvalue weighted by molar-refractivity contribution is 0.0703. The number of carbonyl (C=O) groups is 2. The maximum Gasteiger partial charge on any atom is 0.258 e. The molecule has 0 radical (unpaired) electrons. The van der Waals surface area contributed by atoms with Gasteiger partial charge in [0.15, 0.2) is 5.65 Å². The fraction of sp³-hybridized carbons (Fsp3) is 0.400. The molecule has 1 unspecified atom stereocenters. The Kier molecular flexibility index (Phi) is 4.96. The average molecular weight is 393 g/mol. The Morgan fingerprint density at radius 2 is 2.00 bits per heavy atom. The molecule has 0 aliphatic carbocycles. The highest BCUT2D eigenvalue weighted by atomic mass is 16.2. The number of hydrogen-bond donors (Lipinski definition) is 0. The molecule has 3 aromatic rings. The summed E-state index contributed by atoms with van der Waals surface area (Å²) in [5, 5.41) is 4.42. The van der Waals surface area contributed by atoms with Crippen LogP contribution in [-0.4, -0.2) is 73.4 Å². The van der Waals surface area contributed by atoms with Crippen LogP contribution in [0.25, 0.3) is 5.65 Å². The van der Waals surface area contributed by atoms with E-state index in [1.165, 1.54) is 11.2 Å². The summed E-state index contributed by atoms with van der Waals surface area (Å²) in [6.45, 7) is 3.08. The van der Waals surface area contributed by atoms with Crippen LogP contribution in [-0.2, 0) is 0 Å². The monoisotopic (exact) mass is 393 g/mol. The van der Waals surface area contributed by atoms with Gasteiger partial charge in [0.1, 0.15) is 11.9 Å². The van der Waals surface area contributed by atoms with Crippen molar-refractivity contribution in [2.24, 2.45) is 0 Å². The summed E-state index contributed by atoms with van der Waals surface area (Å²) >= 11 is 0. The maximum atomic E-state index is 13.0. The standard InChI is InChI=1S/C20H23N7O2/c1-13-15(9-21-12-23-13)20(29)26-8-4-5-14(11-26)17-6-7-22-18-16(10-24-27(17)18)19(28)25(2)3/h6-7,9-10,12,14H,4-5,8,11H2,1-3H3. The van der Waals surface area contributed by atoms with E-state index in [2.05, 4.69) is 20.1 Å². The Morgan fingerprint density at radius 1 is 1.17 bits per heavy atom. The molecular formula is C20H23N7O2. The van der Waals surface area contributed by atoms with E-state index in [-0.39, 0.29) is 17.7 Å². The molecule has 0 saturated carbocycles. The van der Waals surface area contributed by atoms with Crippen LogP contribution in [0.5, 0.6) is 0 Å². The first-order valence-corrected chi connectivity index (χ1v) is 9.57. The molecule has 4 rings (SSSR count). The highest BCUT2D eigenvalue weighted by Gasteiger charge is 2.29. The second-order valence-electron chi connectivity index (χ2n) is 7.48. The van der Waals surface area contributed by atoms with Gasteiger partial charge >= 0.3 is 0 Å². The van der Waals surface area contributed by atoms with Crippen LogP contribution in [0, 0.1) is 6.92 Å². The molecule has 1 aliphatic rings. The van der Waals surface area contributed by atoms with Crippen molar-refractivity contribution in [2.75, 3.05) is 27.2 Å². The SMILES string of the molecule is Cc1ncncc1C(=O)N1CCCC(c2ccnc3c(C(=O)N(C)C)cnn23)C1. The first-order valence-electron chi connectivity index (χ1n) is 9.57. The molecule has 1 fully saturated rings. The molecule has 2 amide bonds. The van der Waals surface area contributed by atoms with Crippen LogP contribution in [0.3, 0.4) is 0 Å². The first-order chi connectivity index (χ1) is 14.0. The van der Waals surface area contributed by atoms with E-state index >= 15 is 0 Å². The van der Waals surface area contributed by atoms with Crippen LogP contribution in [0.1, 0.15) is 50.9 Å². The number of amides is 2. The average Bonchev–Trinajstić information content (AvgIpc) is 3.17. The van der Waals surface area contributed by atoms with Crippen molar-refractivity contribution >= 4 is 17.5 Å². The van der Waals surface area contributed by atoms with Gasteiger partial charge in [0.25, 0.3) is 11.8 Å². The van der Waals surface area contributed by atoms with Gasteiger partial charge < -0.3 is 9.80 Å². The van der Waals surface area contributed by atoms with Crippen LogP contribution in [0.15, 0.2) is 31.0 Å². The van der Waals surface area contributed by atoms with E-state index < -0.39 is 0 Å². The summed E-state index contributed by atoms with van der Waals surface area (Å²) in [5.41, 5.74) is 3.17. The quantitative estimate of drug-likeness (QED) is 0.670. The summed E-state index contributed by atoms with van der Waals surface area (Å²) < 4.78 is 1.73. The number of carbonyl (C=O) groups excluding carboxylic acids is 2. The van der Waals surface area contributed by atoms with Crippen molar-refractivity contribution in [1.82, 2.24) is 34.4 Å². The van der Waals surface area contributed by atoms with Gasteiger partial charge in [0, 0.05) is 45.5 Å². The highest BCUT2D eigenvalue weighted by molar-refractivity contribution is 5.99. The summed E-state index contributed by atoms with van der Waals surface area (Å²) in [7, 11) is 3.41. The van der Waals surface area contributed by atoms with Crippen LogP contribution >= 0.6 is 0 Å². The predicted octanol–water partition coefficient (Wildman–Crippen LogP) is 1.55. The molecule has 0 aromatic carbocycles. The Morgan fingerprint density at radius 3 is 2.76 bits per heavy atom. The molecule has 1 saturated heterocycles. The van der Waals surface area contributed by atoms with E-state index in [1.807, 2.05) is 17.9 Å². The maximum absolute atomic E-state index is 13.0. The van der Waals surface area contributed by atoms with E-state index in [0.29, 0.717) is 35.6 Å². The first kappa shape index (κ1) is 19.0. The summed E-state index contributed by atoms with van der Waals surface area (Å²) in [5.74, 6) is -0.0861. The van der Waals surface area contributed by atoms with Gasteiger partial charge in [-0.2, -0.15) is 5.10 Å². The van der Waals surface area contributed by atoms with Crippen molar-refractivity contribution in [2.45, 2.75) is 25.7 Å². The number of nitrogens with zero attached hydrogens (tertiary/aromatic N) is 7. The third-order valence-electron chi connectivity index (χ3n) is 5.34. The molecule has 1 atom stereocenters. The highest BCUT2D eigenvalue weighted by Crippen LogP contribution is 2.28. The fourth-order valence-electron chi connectivity index (χ4n) is 3.78. The lowest BCUT2D eigenvalue weighted by Gasteiger charge is -2.33. The van der Waals surface area contributed by atoms with Gasteiger partial charge in [0.2, 0.25) is 0 Å². The van der Waals surface area contributed by atoms with Gasteiger partial charge in [-0.05, 0) is 25.8 Å². The molecular weight excluding hydrogens is 370 g/mol. The van der Waals surface area contributed by atoms with Gasteiger partial charge in [-0.3, -0.25) is 9.59 Å². The van der Waals surface area contributed by atoms with Crippen molar-refractivity contribution < 1.29 is 9.59 Å². The molecule has 0 spiro atoms. The number of rotatable bonds is 3. The van der Waals surface area contributed by atoms with Gasteiger partial charge in [0.05, 0.1) is 23.1 Å². The lowest BCUT2D eigenvalue weighted by atomic mass is 9.94. The summed E-state index contributed by atoms with van der Waals surface area (Å²) in [4.78, 5) is 41.2. The summed E-state index contributed by atoms with van der Waals surface area (Å²) in [6, 6.07) is 1.92. The van der Waals surface area contributed by atoms with Crippen molar-refractivity contribution in [3.05, 3.63) is 53.5 Å². The zero-order valence-electron chi connectivity index (χ0n) is 16.7. The van der Waals surface area contributed by atoms with Crippen molar-refractivity contribution in [3.8, 4) is 0 Å².